The Bertz CT molecular complexity index is 939. The number of hydrogen-bond donors (Lipinski definition) is 1. The largest absolute Gasteiger partial charge is 0.522 e. The van der Waals surface area contributed by atoms with Gasteiger partial charge >= 0.3 is 15.6 Å². The van der Waals surface area contributed by atoms with Crippen LogP contribution in [0.1, 0.15) is 0 Å². The van der Waals surface area contributed by atoms with Crippen molar-refractivity contribution in [3.05, 3.63) is 90.0 Å². The minimum Gasteiger partial charge on any atom is -0.279 e. The van der Waals surface area contributed by atoms with Crippen molar-refractivity contribution in [3.63, 3.8) is 0 Å². The van der Waals surface area contributed by atoms with Gasteiger partial charge in [-0.05, 0) is 48.5 Å². The molecule has 0 spiro atoms. The first kappa shape index (κ1) is 22.3. The molecule has 0 fully saturated rings. The van der Waals surface area contributed by atoms with Gasteiger partial charge in [0.25, 0.3) is 0 Å². The maximum Gasteiger partial charge on any atom is 0.522 e. The van der Waals surface area contributed by atoms with Crippen molar-refractivity contribution in [2.24, 2.45) is 0 Å². The van der Waals surface area contributed by atoms with E-state index in [1.165, 1.54) is 14.7 Å². The Morgan fingerprint density at radius 3 is 1.36 bits per heavy atom. The number of halogens is 4. The van der Waals surface area contributed by atoms with Gasteiger partial charge in [0.2, 0.25) is 0 Å². The summed E-state index contributed by atoms with van der Waals surface area (Å²) >= 11 is 6.01. The van der Waals surface area contributed by atoms with E-state index in [0.29, 0.717) is 0 Å². The van der Waals surface area contributed by atoms with E-state index in [4.69, 9.17) is 24.6 Å². The van der Waals surface area contributed by atoms with Gasteiger partial charge in [-0.1, -0.05) is 48.0 Å². The summed E-state index contributed by atoms with van der Waals surface area (Å²) in [7, 11) is -5.92. The molecule has 3 aromatic rings. The lowest BCUT2D eigenvalue weighted by molar-refractivity contribution is -0.0510. The van der Waals surface area contributed by atoms with E-state index in [1.54, 1.807) is 0 Å². The second-order valence-corrected chi connectivity index (χ2v) is 9.18. The molecule has 0 aliphatic carbocycles. The third-order valence-corrected chi connectivity index (χ3v) is 6.37. The van der Waals surface area contributed by atoms with E-state index in [1.807, 2.05) is 12.1 Å². The van der Waals surface area contributed by atoms with E-state index in [0.717, 1.165) is 5.02 Å². The van der Waals surface area contributed by atoms with Crippen LogP contribution in [0, 0.1) is 0 Å². The van der Waals surface area contributed by atoms with Gasteiger partial charge in [-0.25, -0.2) is 0 Å². The fourth-order valence-corrected chi connectivity index (χ4v) is 4.30. The fraction of sp³-hybridized carbons (Fsp3) is 0.0526. The zero-order valence-electron chi connectivity index (χ0n) is 14.2. The van der Waals surface area contributed by atoms with Crippen molar-refractivity contribution in [2.45, 2.75) is 20.2 Å². The van der Waals surface area contributed by atoms with Crippen LogP contribution in [0.25, 0.3) is 0 Å². The maximum absolute atomic E-state index is 10.7. The maximum atomic E-state index is 10.7. The van der Waals surface area contributed by atoms with Gasteiger partial charge in [-0.2, -0.15) is 21.6 Å². The van der Waals surface area contributed by atoms with Crippen LogP contribution < -0.4 is 0 Å². The third kappa shape index (κ3) is 6.27. The summed E-state index contributed by atoms with van der Waals surface area (Å²) in [5.41, 5.74) is -5.53. The fourth-order valence-electron chi connectivity index (χ4n) is 2.09. The lowest BCUT2D eigenvalue weighted by Gasteiger charge is -2.07. The van der Waals surface area contributed by atoms with Crippen molar-refractivity contribution in [1.29, 1.82) is 0 Å². The van der Waals surface area contributed by atoms with Crippen LogP contribution in [-0.4, -0.2) is 18.5 Å². The third-order valence-electron chi connectivity index (χ3n) is 3.30. The molecular weight excluding hydrogens is 433 g/mol. The molecular formula is C19H15ClF3O3S2+. The molecule has 0 radical (unpaired) electrons. The van der Waals surface area contributed by atoms with Crippen molar-refractivity contribution >= 4 is 32.6 Å². The molecule has 0 amide bonds. The first-order chi connectivity index (χ1) is 13.1. The highest BCUT2D eigenvalue weighted by Gasteiger charge is 2.44. The number of rotatable bonds is 3. The van der Waals surface area contributed by atoms with Crippen LogP contribution >= 0.6 is 11.6 Å². The van der Waals surface area contributed by atoms with Crippen LogP contribution in [0.4, 0.5) is 13.2 Å². The zero-order valence-corrected chi connectivity index (χ0v) is 16.6. The Hall–Kier alpha value is -2.00. The molecule has 3 nitrogen and oxygen atoms in total. The van der Waals surface area contributed by atoms with E-state index in [2.05, 4.69) is 72.8 Å². The van der Waals surface area contributed by atoms with E-state index in [9.17, 15) is 13.2 Å². The molecule has 0 bridgehead atoms. The van der Waals surface area contributed by atoms with E-state index < -0.39 is 15.6 Å². The molecule has 0 unspecified atom stereocenters. The topological polar surface area (TPSA) is 54.4 Å². The van der Waals surface area contributed by atoms with Crippen molar-refractivity contribution in [3.8, 4) is 0 Å². The molecule has 9 heteroatoms. The predicted octanol–water partition coefficient (Wildman–Crippen LogP) is 5.83. The molecule has 3 rings (SSSR count). The van der Waals surface area contributed by atoms with Crippen LogP contribution in [-0.2, 0) is 21.0 Å². The highest BCUT2D eigenvalue weighted by Crippen LogP contribution is 2.31. The van der Waals surface area contributed by atoms with Crippen molar-refractivity contribution in [2.75, 3.05) is 0 Å². The van der Waals surface area contributed by atoms with E-state index in [-0.39, 0.29) is 10.9 Å². The van der Waals surface area contributed by atoms with Gasteiger partial charge in [0, 0.05) is 5.02 Å². The molecule has 28 heavy (non-hydrogen) atoms. The standard InChI is InChI=1S/C18H14ClS.CHF3O3S/c19-15-11-13-18(14-12-15)20(16-7-3-1-4-8-16)17-9-5-2-6-10-17;2-1(3,4)8(5,6)7/h1-14H;(H,5,6,7)/q+1;. The average molecular weight is 448 g/mol. The number of alkyl halides is 3. The first-order valence-electron chi connectivity index (χ1n) is 7.73. The van der Waals surface area contributed by atoms with Gasteiger partial charge in [0.1, 0.15) is 0 Å². The quantitative estimate of drug-likeness (QED) is 0.312. The van der Waals surface area contributed by atoms with Crippen LogP contribution in [0.5, 0.6) is 0 Å². The molecule has 0 aliphatic rings. The van der Waals surface area contributed by atoms with Crippen LogP contribution in [0.2, 0.25) is 5.02 Å². The van der Waals surface area contributed by atoms with Gasteiger partial charge in [0.05, 0.1) is 10.9 Å². The average Bonchev–Trinajstić information content (AvgIpc) is 2.64. The van der Waals surface area contributed by atoms with Gasteiger partial charge < -0.3 is 0 Å². The zero-order chi connectivity index (χ0) is 20.8. The minimum absolute atomic E-state index is 0.0815. The molecule has 0 saturated heterocycles. The summed E-state index contributed by atoms with van der Waals surface area (Å²) in [5.74, 6) is 0. The molecule has 0 aromatic heterocycles. The Morgan fingerprint density at radius 1 is 0.714 bits per heavy atom. The van der Waals surface area contributed by atoms with Crippen molar-refractivity contribution < 1.29 is 26.1 Å². The lowest BCUT2D eigenvalue weighted by Crippen LogP contribution is -2.21. The summed E-state index contributed by atoms with van der Waals surface area (Å²) in [5, 5.41) is 0.776. The van der Waals surface area contributed by atoms with Crippen LogP contribution in [0.15, 0.2) is 99.6 Å². The molecule has 0 heterocycles. The molecule has 0 atom stereocenters. The van der Waals surface area contributed by atoms with E-state index >= 15 is 0 Å². The predicted molar refractivity (Wildman–Crippen MR) is 104 cm³/mol. The minimum atomic E-state index is -5.84. The highest BCUT2D eigenvalue weighted by molar-refractivity contribution is 7.97. The number of hydrogen-bond acceptors (Lipinski definition) is 2. The summed E-state index contributed by atoms with van der Waals surface area (Å²) < 4.78 is 57.5. The van der Waals surface area contributed by atoms with Gasteiger partial charge in [0.15, 0.2) is 14.7 Å². The van der Waals surface area contributed by atoms with Gasteiger partial charge in [-0.15, -0.1) is 0 Å². The summed E-state index contributed by atoms with van der Waals surface area (Å²) in [6, 6.07) is 29.4. The Balaban J connectivity index is 0.000000300. The molecule has 0 aliphatic heterocycles. The summed E-state index contributed by atoms with van der Waals surface area (Å²) in [6.07, 6.45) is 0. The molecule has 148 valence electrons. The SMILES string of the molecule is Clc1ccc([S+](c2ccccc2)c2ccccc2)cc1.O=S(=O)(O)C(F)(F)F. The van der Waals surface area contributed by atoms with Crippen LogP contribution in [0.3, 0.4) is 0 Å². The van der Waals surface area contributed by atoms with Gasteiger partial charge in [-0.3, -0.25) is 4.55 Å². The monoisotopic (exact) mass is 447 g/mol. The molecule has 0 saturated carbocycles. The first-order valence-corrected chi connectivity index (χ1v) is 10.8. The molecule has 3 aromatic carbocycles. The second kappa shape index (κ2) is 9.47. The highest BCUT2D eigenvalue weighted by atomic mass is 35.5. The number of benzene rings is 3. The Morgan fingerprint density at radius 2 is 1.04 bits per heavy atom. The normalized spacial score (nSPS) is 11.6. The lowest BCUT2D eigenvalue weighted by atomic mass is 10.4. The Kier molecular flexibility index (Phi) is 7.54. The Labute approximate surface area is 168 Å². The second-order valence-electron chi connectivity index (χ2n) is 5.31. The summed E-state index contributed by atoms with van der Waals surface area (Å²) in [4.78, 5) is 3.92. The summed E-state index contributed by atoms with van der Waals surface area (Å²) in [6.45, 7) is 0. The smallest absolute Gasteiger partial charge is 0.279 e. The van der Waals surface area contributed by atoms with Crippen molar-refractivity contribution in [1.82, 2.24) is 0 Å². The molecule has 1 N–H and O–H groups in total.